The highest BCUT2D eigenvalue weighted by Crippen LogP contribution is 2.13. The van der Waals surface area contributed by atoms with Crippen molar-refractivity contribution in [2.45, 2.75) is 18.9 Å². The summed E-state index contributed by atoms with van der Waals surface area (Å²) < 4.78 is 5.23. The number of nitrogens with zero attached hydrogens (tertiary/aromatic N) is 4. The average molecular weight is 211 g/mol. The van der Waals surface area contributed by atoms with E-state index in [9.17, 15) is 4.79 Å². The number of hydrogen-bond acceptors (Lipinski definition) is 5. The number of carbonyl (C=O) groups is 1. The van der Waals surface area contributed by atoms with Gasteiger partial charge in [-0.15, -0.1) is 10.2 Å². The van der Waals surface area contributed by atoms with Gasteiger partial charge in [-0.3, -0.25) is 4.79 Å². The zero-order chi connectivity index (χ0) is 10.7. The smallest absolute Gasteiger partial charge is 0.295 e. The van der Waals surface area contributed by atoms with Crippen LogP contribution in [0, 0.1) is 0 Å². The van der Waals surface area contributed by atoms with Crippen LogP contribution < -0.4 is 0 Å². The van der Waals surface area contributed by atoms with Crippen LogP contribution in [0.3, 0.4) is 0 Å². The van der Waals surface area contributed by atoms with E-state index in [2.05, 4.69) is 20.6 Å². The zero-order valence-electron chi connectivity index (χ0n) is 8.51. The molecule has 0 atom stereocenters. The number of hydrogen-bond donors (Lipinski definition) is 1. The van der Waals surface area contributed by atoms with Gasteiger partial charge in [-0.25, -0.2) is 0 Å². The summed E-state index contributed by atoms with van der Waals surface area (Å²) in [7, 11) is 1.76. The molecule has 1 saturated heterocycles. The summed E-state index contributed by atoms with van der Waals surface area (Å²) in [6, 6.07) is 0.213. The lowest BCUT2D eigenvalue weighted by molar-refractivity contribution is 0.0355. The highest BCUT2D eigenvalue weighted by Gasteiger charge is 2.25. The van der Waals surface area contributed by atoms with E-state index in [4.69, 9.17) is 4.74 Å². The molecule has 7 heteroatoms. The summed E-state index contributed by atoms with van der Waals surface area (Å²) in [4.78, 5) is 13.5. The predicted octanol–water partition coefficient (Wildman–Crippen LogP) is -0.549. The molecule has 1 amide bonds. The van der Waals surface area contributed by atoms with Gasteiger partial charge in [0.2, 0.25) is 0 Å². The molecule has 1 aliphatic heterocycles. The molecule has 0 bridgehead atoms. The highest BCUT2D eigenvalue weighted by molar-refractivity contribution is 5.90. The van der Waals surface area contributed by atoms with E-state index in [1.807, 2.05) is 0 Å². The molecule has 2 rings (SSSR count). The first-order valence-electron chi connectivity index (χ1n) is 4.87. The molecule has 0 saturated carbocycles. The van der Waals surface area contributed by atoms with Crippen LogP contribution in [-0.4, -0.2) is 57.7 Å². The van der Waals surface area contributed by atoms with E-state index < -0.39 is 0 Å². The first-order chi connectivity index (χ1) is 7.29. The maximum atomic E-state index is 11.8. The fourth-order valence-electron chi connectivity index (χ4n) is 1.65. The molecule has 7 nitrogen and oxygen atoms in total. The Hall–Kier alpha value is -1.50. The van der Waals surface area contributed by atoms with Gasteiger partial charge < -0.3 is 9.64 Å². The second-order valence-corrected chi connectivity index (χ2v) is 3.50. The number of amides is 1. The Labute approximate surface area is 86.8 Å². The van der Waals surface area contributed by atoms with E-state index in [-0.39, 0.29) is 17.8 Å². The Morgan fingerprint density at radius 2 is 2.27 bits per heavy atom. The number of aromatic nitrogens is 4. The number of tetrazole rings is 1. The van der Waals surface area contributed by atoms with Gasteiger partial charge in [0.05, 0.1) is 0 Å². The van der Waals surface area contributed by atoms with Crippen molar-refractivity contribution >= 4 is 5.91 Å². The second-order valence-electron chi connectivity index (χ2n) is 3.50. The molecular formula is C8H13N5O2. The first-order valence-corrected chi connectivity index (χ1v) is 4.87. The van der Waals surface area contributed by atoms with Crippen LogP contribution in [0.25, 0.3) is 0 Å². The average Bonchev–Trinajstić information content (AvgIpc) is 2.82. The Balaban J connectivity index is 2.00. The van der Waals surface area contributed by atoms with Gasteiger partial charge in [-0.05, 0) is 18.1 Å². The van der Waals surface area contributed by atoms with Gasteiger partial charge in [0.25, 0.3) is 11.7 Å². The van der Waals surface area contributed by atoms with E-state index in [0.29, 0.717) is 13.2 Å². The molecule has 1 N–H and O–H groups in total. The fourth-order valence-corrected chi connectivity index (χ4v) is 1.65. The molecule has 0 unspecified atom stereocenters. The predicted molar refractivity (Wildman–Crippen MR) is 50.1 cm³/mol. The Morgan fingerprint density at radius 1 is 1.53 bits per heavy atom. The van der Waals surface area contributed by atoms with Crippen LogP contribution in [0.4, 0.5) is 0 Å². The first kappa shape index (κ1) is 10.0. The van der Waals surface area contributed by atoms with Crippen LogP contribution in [0.15, 0.2) is 0 Å². The van der Waals surface area contributed by atoms with Crippen molar-refractivity contribution in [2.24, 2.45) is 0 Å². The molecule has 0 spiro atoms. The SMILES string of the molecule is CN(C(=O)c1nn[nH]n1)C1CCOCC1. The van der Waals surface area contributed by atoms with E-state index >= 15 is 0 Å². The lowest BCUT2D eigenvalue weighted by Crippen LogP contribution is -2.41. The van der Waals surface area contributed by atoms with Gasteiger partial charge in [0.1, 0.15) is 0 Å². The van der Waals surface area contributed by atoms with Crippen molar-refractivity contribution in [2.75, 3.05) is 20.3 Å². The molecule has 15 heavy (non-hydrogen) atoms. The van der Waals surface area contributed by atoms with Crippen molar-refractivity contribution in [3.8, 4) is 0 Å². The molecule has 2 heterocycles. The van der Waals surface area contributed by atoms with Crippen molar-refractivity contribution in [3.63, 3.8) is 0 Å². The molecule has 82 valence electrons. The Kier molecular flexibility index (Phi) is 2.91. The number of rotatable bonds is 2. The Morgan fingerprint density at radius 3 is 2.87 bits per heavy atom. The molecule has 1 aromatic heterocycles. The van der Waals surface area contributed by atoms with Gasteiger partial charge in [0.15, 0.2) is 0 Å². The summed E-state index contributed by atoms with van der Waals surface area (Å²) in [6.07, 6.45) is 1.72. The molecule has 1 aromatic rings. The van der Waals surface area contributed by atoms with Crippen LogP contribution in [0.2, 0.25) is 0 Å². The van der Waals surface area contributed by atoms with E-state index in [0.717, 1.165) is 12.8 Å². The number of carbonyl (C=O) groups excluding carboxylic acids is 1. The fraction of sp³-hybridized carbons (Fsp3) is 0.750. The summed E-state index contributed by atoms with van der Waals surface area (Å²) in [5.41, 5.74) is 0. The van der Waals surface area contributed by atoms with Crippen molar-refractivity contribution in [3.05, 3.63) is 5.82 Å². The van der Waals surface area contributed by atoms with Gasteiger partial charge in [-0.1, -0.05) is 0 Å². The van der Waals surface area contributed by atoms with Crippen LogP contribution in [-0.2, 0) is 4.74 Å². The third-order valence-corrected chi connectivity index (χ3v) is 2.60. The number of H-pyrrole nitrogens is 1. The third-order valence-electron chi connectivity index (χ3n) is 2.60. The van der Waals surface area contributed by atoms with E-state index in [1.54, 1.807) is 11.9 Å². The van der Waals surface area contributed by atoms with Crippen molar-refractivity contribution < 1.29 is 9.53 Å². The minimum absolute atomic E-state index is 0.115. The van der Waals surface area contributed by atoms with Crippen molar-refractivity contribution in [1.82, 2.24) is 25.5 Å². The maximum Gasteiger partial charge on any atom is 0.295 e. The molecular weight excluding hydrogens is 198 g/mol. The van der Waals surface area contributed by atoms with Crippen LogP contribution in [0.1, 0.15) is 23.5 Å². The van der Waals surface area contributed by atoms with Gasteiger partial charge >= 0.3 is 0 Å². The minimum Gasteiger partial charge on any atom is -0.381 e. The number of ether oxygens (including phenoxy) is 1. The lowest BCUT2D eigenvalue weighted by Gasteiger charge is -2.30. The molecule has 0 aromatic carbocycles. The largest absolute Gasteiger partial charge is 0.381 e. The summed E-state index contributed by atoms with van der Waals surface area (Å²) in [5.74, 6) is -0.0837. The minimum atomic E-state index is -0.198. The van der Waals surface area contributed by atoms with Gasteiger partial charge in [-0.2, -0.15) is 5.21 Å². The summed E-state index contributed by atoms with van der Waals surface area (Å²) >= 11 is 0. The van der Waals surface area contributed by atoms with Crippen LogP contribution >= 0.6 is 0 Å². The van der Waals surface area contributed by atoms with Gasteiger partial charge in [0, 0.05) is 26.3 Å². The monoisotopic (exact) mass is 211 g/mol. The molecule has 1 fully saturated rings. The van der Waals surface area contributed by atoms with Crippen molar-refractivity contribution in [1.29, 1.82) is 0 Å². The molecule has 0 aliphatic carbocycles. The maximum absolute atomic E-state index is 11.8. The molecule has 0 radical (unpaired) electrons. The normalized spacial score (nSPS) is 17.7. The summed E-state index contributed by atoms with van der Waals surface area (Å²) in [5, 5.41) is 13.0. The summed E-state index contributed by atoms with van der Waals surface area (Å²) in [6.45, 7) is 1.41. The number of aromatic amines is 1. The van der Waals surface area contributed by atoms with Crippen LogP contribution in [0.5, 0.6) is 0 Å². The number of nitrogens with one attached hydrogen (secondary N) is 1. The lowest BCUT2D eigenvalue weighted by atomic mass is 10.1. The quantitative estimate of drug-likeness (QED) is 0.709. The third kappa shape index (κ3) is 2.12. The Bertz CT molecular complexity index is 320. The standard InChI is InChI=1S/C8H13N5O2/c1-13(6-2-4-15-5-3-6)8(14)7-9-11-12-10-7/h6H,2-5H2,1H3,(H,9,10,11,12). The topological polar surface area (TPSA) is 84.0 Å². The highest BCUT2D eigenvalue weighted by atomic mass is 16.5. The van der Waals surface area contributed by atoms with E-state index in [1.165, 1.54) is 0 Å². The second kappa shape index (κ2) is 4.35. The zero-order valence-corrected chi connectivity index (χ0v) is 8.51. The molecule has 1 aliphatic rings.